The van der Waals surface area contributed by atoms with Crippen LogP contribution in [0, 0.1) is 5.92 Å². The number of carbonyl (C=O) groups excluding carboxylic acids is 2. The van der Waals surface area contributed by atoms with Crippen LogP contribution in [-0.4, -0.2) is 54.3 Å². The number of nitrogens with one attached hydrogen (secondary N) is 1. The van der Waals surface area contributed by atoms with Crippen molar-refractivity contribution in [3.05, 3.63) is 29.8 Å². The van der Waals surface area contributed by atoms with Crippen molar-refractivity contribution in [1.82, 2.24) is 10.2 Å². The summed E-state index contributed by atoms with van der Waals surface area (Å²) in [6, 6.07) is 4.56. The fourth-order valence-corrected chi connectivity index (χ4v) is 3.35. The first kappa shape index (κ1) is 20.5. The Kier molecular flexibility index (Phi) is 7.04. The van der Waals surface area contributed by atoms with Gasteiger partial charge >= 0.3 is 18.0 Å². The molecule has 0 aliphatic carbocycles. The van der Waals surface area contributed by atoms with E-state index in [0.717, 1.165) is 0 Å². The Morgan fingerprint density at radius 2 is 1.89 bits per heavy atom. The number of benzene rings is 1. The zero-order valence-corrected chi connectivity index (χ0v) is 15.8. The molecular weight excluding hydrogens is 352 g/mol. The second kappa shape index (κ2) is 9.25. The summed E-state index contributed by atoms with van der Waals surface area (Å²) in [6.07, 6.45) is 0.718. The lowest BCUT2D eigenvalue weighted by molar-refractivity contribution is -0.148. The van der Waals surface area contributed by atoms with Gasteiger partial charge in [-0.05, 0) is 37.5 Å². The van der Waals surface area contributed by atoms with Crippen molar-refractivity contribution < 1.29 is 29.0 Å². The standard InChI is InChI=1S/C19H26N2O6/c1-4-10-20-19(25)21-15(17(22)23)11-14(18(24)27-5-2)16(21)12-6-8-13(26-3)9-7-12/h6-9,14-16H,4-5,10-11H2,1-3H3,(H,20,25)(H,22,23). The number of nitrogens with zero attached hydrogens (tertiary/aromatic N) is 1. The van der Waals surface area contributed by atoms with E-state index in [1.54, 1.807) is 31.2 Å². The molecule has 3 unspecified atom stereocenters. The van der Waals surface area contributed by atoms with Crippen LogP contribution in [0.2, 0.25) is 0 Å². The Bertz CT molecular complexity index is 675. The van der Waals surface area contributed by atoms with Gasteiger partial charge in [-0.2, -0.15) is 0 Å². The zero-order chi connectivity index (χ0) is 20.0. The molecule has 1 aliphatic heterocycles. The third kappa shape index (κ3) is 4.50. The fourth-order valence-electron chi connectivity index (χ4n) is 3.35. The van der Waals surface area contributed by atoms with Crippen molar-refractivity contribution in [1.29, 1.82) is 0 Å². The number of aliphatic carboxylic acids is 1. The predicted molar refractivity (Wildman–Crippen MR) is 97.4 cm³/mol. The molecule has 1 aliphatic rings. The molecule has 3 atom stereocenters. The SMILES string of the molecule is CCCNC(=O)N1C(C(=O)O)CC(C(=O)OCC)C1c1ccc(OC)cc1. The second-order valence-corrected chi connectivity index (χ2v) is 6.31. The second-order valence-electron chi connectivity index (χ2n) is 6.31. The number of carboxylic acid groups (broad SMARTS) is 1. The molecule has 2 rings (SSSR count). The number of hydrogen-bond acceptors (Lipinski definition) is 5. The van der Waals surface area contributed by atoms with Crippen molar-refractivity contribution >= 4 is 18.0 Å². The molecule has 2 amide bonds. The van der Waals surface area contributed by atoms with Crippen LogP contribution in [0.3, 0.4) is 0 Å². The minimum absolute atomic E-state index is 0.00437. The van der Waals surface area contributed by atoms with Crippen LogP contribution in [0.15, 0.2) is 24.3 Å². The number of hydrogen-bond donors (Lipinski definition) is 2. The van der Waals surface area contributed by atoms with E-state index < -0.39 is 36.0 Å². The first-order valence-electron chi connectivity index (χ1n) is 9.04. The number of amides is 2. The summed E-state index contributed by atoms with van der Waals surface area (Å²) in [4.78, 5) is 38.3. The summed E-state index contributed by atoms with van der Waals surface area (Å²) in [5, 5.41) is 12.4. The van der Waals surface area contributed by atoms with E-state index in [-0.39, 0.29) is 13.0 Å². The maximum absolute atomic E-state index is 12.7. The molecule has 0 saturated carbocycles. The fraction of sp³-hybridized carbons (Fsp3) is 0.526. The lowest BCUT2D eigenvalue weighted by Gasteiger charge is -2.30. The van der Waals surface area contributed by atoms with Crippen molar-refractivity contribution in [3.8, 4) is 5.75 Å². The molecule has 1 saturated heterocycles. The Morgan fingerprint density at radius 1 is 1.22 bits per heavy atom. The molecule has 1 aromatic carbocycles. The average Bonchev–Trinajstić information content (AvgIpc) is 3.07. The van der Waals surface area contributed by atoms with Crippen molar-refractivity contribution in [2.75, 3.05) is 20.3 Å². The molecule has 27 heavy (non-hydrogen) atoms. The van der Waals surface area contributed by atoms with Gasteiger partial charge in [-0.3, -0.25) is 4.79 Å². The lowest BCUT2D eigenvalue weighted by atomic mass is 9.93. The third-order valence-electron chi connectivity index (χ3n) is 4.59. The molecule has 0 aromatic heterocycles. The Hall–Kier alpha value is -2.77. The van der Waals surface area contributed by atoms with Crippen LogP contribution in [0.1, 0.15) is 38.3 Å². The van der Waals surface area contributed by atoms with Gasteiger partial charge in [0.25, 0.3) is 0 Å². The smallest absolute Gasteiger partial charge is 0.326 e. The number of carbonyl (C=O) groups is 3. The normalized spacial score (nSPS) is 21.6. The van der Waals surface area contributed by atoms with E-state index in [1.807, 2.05) is 6.92 Å². The largest absolute Gasteiger partial charge is 0.497 e. The minimum Gasteiger partial charge on any atom is -0.497 e. The van der Waals surface area contributed by atoms with E-state index in [0.29, 0.717) is 24.3 Å². The summed E-state index contributed by atoms with van der Waals surface area (Å²) in [7, 11) is 1.54. The van der Waals surface area contributed by atoms with Crippen LogP contribution in [0.25, 0.3) is 0 Å². The molecular formula is C19H26N2O6. The van der Waals surface area contributed by atoms with Crippen LogP contribution in [0.4, 0.5) is 4.79 Å². The number of rotatable bonds is 7. The molecule has 0 bridgehead atoms. The highest BCUT2D eigenvalue weighted by Gasteiger charge is 2.51. The maximum Gasteiger partial charge on any atom is 0.326 e. The Balaban J connectivity index is 2.45. The Morgan fingerprint density at radius 3 is 2.41 bits per heavy atom. The molecule has 0 spiro atoms. The molecule has 1 aromatic rings. The van der Waals surface area contributed by atoms with Gasteiger partial charge in [-0.25, -0.2) is 9.59 Å². The monoisotopic (exact) mass is 378 g/mol. The third-order valence-corrected chi connectivity index (χ3v) is 4.59. The number of carboxylic acids is 1. The maximum atomic E-state index is 12.7. The van der Waals surface area contributed by atoms with Crippen molar-refractivity contribution in [2.24, 2.45) is 5.92 Å². The van der Waals surface area contributed by atoms with E-state index in [2.05, 4.69) is 5.32 Å². The van der Waals surface area contributed by atoms with Gasteiger partial charge in [0.2, 0.25) is 0 Å². The molecule has 0 radical (unpaired) electrons. The number of methoxy groups -OCH3 is 1. The van der Waals surface area contributed by atoms with Crippen LogP contribution < -0.4 is 10.1 Å². The van der Waals surface area contributed by atoms with Crippen LogP contribution in [0.5, 0.6) is 5.75 Å². The number of likely N-dealkylation sites (tertiary alicyclic amines) is 1. The van der Waals surface area contributed by atoms with Gasteiger partial charge < -0.3 is 24.8 Å². The number of ether oxygens (including phenoxy) is 2. The highest BCUT2D eigenvalue weighted by Crippen LogP contribution is 2.42. The first-order valence-corrected chi connectivity index (χ1v) is 9.04. The van der Waals surface area contributed by atoms with Gasteiger partial charge in [0.05, 0.1) is 25.7 Å². The highest BCUT2D eigenvalue weighted by molar-refractivity contribution is 5.87. The van der Waals surface area contributed by atoms with Gasteiger partial charge in [0, 0.05) is 6.54 Å². The molecule has 2 N–H and O–H groups in total. The van der Waals surface area contributed by atoms with Gasteiger partial charge in [0.1, 0.15) is 11.8 Å². The topological polar surface area (TPSA) is 105 Å². The van der Waals surface area contributed by atoms with Crippen molar-refractivity contribution in [3.63, 3.8) is 0 Å². The van der Waals surface area contributed by atoms with Crippen LogP contribution in [-0.2, 0) is 14.3 Å². The van der Waals surface area contributed by atoms with Crippen molar-refractivity contribution in [2.45, 2.75) is 38.8 Å². The molecule has 148 valence electrons. The van der Waals surface area contributed by atoms with Crippen LogP contribution >= 0.6 is 0 Å². The summed E-state index contributed by atoms with van der Waals surface area (Å²) in [6.45, 7) is 4.20. The summed E-state index contributed by atoms with van der Waals surface area (Å²) in [5.41, 5.74) is 0.657. The first-order chi connectivity index (χ1) is 12.9. The van der Waals surface area contributed by atoms with E-state index in [4.69, 9.17) is 9.47 Å². The van der Waals surface area contributed by atoms with E-state index in [9.17, 15) is 19.5 Å². The molecule has 1 fully saturated rings. The van der Waals surface area contributed by atoms with Gasteiger partial charge in [-0.15, -0.1) is 0 Å². The number of esters is 1. The molecule has 8 heteroatoms. The number of urea groups is 1. The van der Waals surface area contributed by atoms with E-state index >= 15 is 0 Å². The summed E-state index contributed by atoms with van der Waals surface area (Å²) < 4.78 is 10.3. The highest BCUT2D eigenvalue weighted by atomic mass is 16.5. The Labute approximate surface area is 158 Å². The van der Waals surface area contributed by atoms with E-state index in [1.165, 1.54) is 12.0 Å². The quantitative estimate of drug-likeness (QED) is 0.705. The summed E-state index contributed by atoms with van der Waals surface area (Å²) >= 11 is 0. The summed E-state index contributed by atoms with van der Waals surface area (Å²) in [5.74, 6) is -1.78. The average molecular weight is 378 g/mol. The predicted octanol–water partition coefficient (Wildman–Crippen LogP) is 2.19. The van der Waals surface area contributed by atoms with Gasteiger partial charge in [0.15, 0.2) is 0 Å². The lowest BCUT2D eigenvalue weighted by Crippen LogP contribution is -2.47. The van der Waals surface area contributed by atoms with Gasteiger partial charge in [-0.1, -0.05) is 19.1 Å². The molecule has 8 nitrogen and oxygen atoms in total. The zero-order valence-electron chi connectivity index (χ0n) is 15.8. The molecule has 1 heterocycles. The minimum atomic E-state index is -1.15.